The molecule has 0 radical (unpaired) electrons. The fraction of sp³-hybridized carbons (Fsp3) is 0. The Labute approximate surface area is 210 Å². The van der Waals surface area contributed by atoms with E-state index in [1.165, 1.54) is 32.3 Å². The van der Waals surface area contributed by atoms with Crippen LogP contribution in [-0.2, 0) is 0 Å². The first-order valence-electron chi connectivity index (χ1n) is 6.60. The average molecular weight is 732 g/mol. The normalized spacial score (nSPS) is 11.5. The van der Waals surface area contributed by atoms with Crippen molar-refractivity contribution < 1.29 is 63.4 Å². The van der Waals surface area contributed by atoms with E-state index in [0.717, 1.165) is 17.9 Å². The Morgan fingerprint density at radius 3 is 0.923 bits per heavy atom. The summed E-state index contributed by atoms with van der Waals surface area (Å²) in [5.41, 5.74) is 0. The molecular formula is C16H6Br4INaO4. The minimum absolute atomic E-state index is 0. The first-order chi connectivity index (χ1) is 11.6. The van der Waals surface area contributed by atoms with Crippen molar-refractivity contribution >= 4 is 96.0 Å². The Hall–Kier alpha value is 1.41. The first kappa shape index (κ1) is 23.7. The average Bonchev–Trinajstić information content (AvgIpc) is 2.48. The van der Waals surface area contributed by atoms with Crippen LogP contribution in [0.2, 0.25) is 0 Å². The predicted octanol–water partition coefficient (Wildman–Crippen LogP) is -3.11. The Balaban J connectivity index is 0.000000362. The van der Waals surface area contributed by atoms with Gasteiger partial charge in [0.15, 0.2) is 0 Å². The molecule has 0 amide bonds. The molecule has 130 valence electrons. The van der Waals surface area contributed by atoms with Crippen LogP contribution in [0.25, 0.3) is 32.3 Å². The van der Waals surface area contributed by atoms with Gasteiger partial charge in [-0.25, -0.2) is 0 Å². The summed E-state index contributed by atoms with van der Waals surface area (Å²) in [4.78, 5) is 0. The molecule has 0 atom stereocenters. The molecule has 4 aromatic rings. The SMILES string of the molecule is Brc1cc(Br)c2ccc3c(Br)cc(Br)c4ccc1c2c43.[Na+].[O-][I+3]([O-])([O-])[O-]. The van der Waals surface area contributed by atoms with Gasteiger partial charge in [0.25, 0.3) is 0 Å². The Morgan fingerprint density at radius 2 is 0.731 bits per heavy atom. The quantitative estimate of drug-likeness (QED) is 0.109. The van der Waals surface area contributed by atoms with E-state index in [1.807, 2.05) is 0 Å². The molecule has 0 aliphatic heterocycles. The molecule has 0 saturated carbocycles. The van der Waals surface area contributed by atoms with E-state index in [4.69, 9.17) is 13.7 Å². The molecule has 4 rings (SSSR count). The van der Waals surface area contributed by atoms with E-state index in [9.17, 15) is 0 Å². The molecule has 0 fully saturated rings. The number of hydrogen-bond acceptors (Lipinski definition) is 4. The van der Waals surface area contributed by atoms with Crippen LogP contribution < -0.4 is 63.4 Å². The fourth-order valence-electron chi connectivity index (χ4n) is 2.83. The third-order valence-corrected chi connectivity index (χ3v) is 6.32. The van der Waals surface area contributed by atoms with Gasteiger partial charge in [-0.3, -0.25) is 13.7 Å². The van der Waals surface area contributed by atoms with E-state index in [2.05, 4.69) is 100 Å². The van der Waals surface area contributed by atoms with Gasteiger partial charge in [-0.2, -0.15) is 0 Å². The van der Waals surface area contributed by atoms with Crippen molar-refractivity contribution in [1.29, 1.82) is 0 Å². The fourth-order valence-corrected chi connectivity index (χ4v) is 5.68. The third kappa shape index (κ3) is 4.93. The predicted molar refractivity (Wildman–Crippen MR) is 101 cm³/mol. The zero-order valence-corrected chi connectivity index (χ0v) is 23.5. The summed E-state index contributed by atoms with van der Waals surface area (Å²) < 4.78 is 38.9. The van der Waals surface area contributed by atoms with Gasteiger partial charge in [-0.1, -0.05) is 88.0 Å². The standard InChI is InChI=1S/C16H6Br4.IO4.Na/c17-11-5-13(19)9-3-4-10-14(20)6-12(18)8-2-1-7(11)15(9)16(8)10;2-1(3,4)5;/h1-6H;;/q;-1;+1. The summed E-state index contributed by atoms with van der Waals surface area (Å²) >= 11 is 8.76. The molecule has 0 aliphatic rings. The molecule has 0 saturated heterocycles. The number of hydrogen-bond donors (Lipinski definition) is 0. The first-order valence-corrected chi connectivity index (χ1v) is 13.3. The maximum Gasteiger partial charge on any atom is 1.00 e. The van der Waals surface area contributed by atoms with Gasteiger partial charge in [0, 0.05) is 17.9 Å². The Morgan fingerprint density at radius 1 is 0.538 bits per heavy atom. The zero-order chi connectivity index (χ0) is 18.5. The Kier molecular flexibility index (Phi) is 8.24. The third-order valence-electron chi connectivity index (χ3n) is 3.70. The van der Waals surface area contributed by atoms with Crippen LogP contribution >= 0.6 is 63.7 Å². The van der Waals surface area contributed by atoms with E-state index in [0.29, 0.717) is 0 Å². The van der Waals surface area contributed by atoms with Gasteiger partial charge in [-0.05, 0) is 44.5 Å². The van der Waals surface area contributed by atoms with Gasteiger partial charge in [0.2, 0.25) is 0 Å². The van der Waals surface area contributed by atoms with Crippen molar-refractivity contribution in [3.8, 4) is 0 Å². The van der Waals surface area contributed by atoms with Crippen LogP contribution in [0, 0.1) is 0 Å². The molecule has 10 heteroatoms. The summed E-state index contributed by atoms with van der Waals surface area (Å²) in [5, 5.41) is 7.56. The van der Waals surface area contributed by atoms with Crippen LogP contribution in [0.15, 0.2) is 54.3 Å². The maximum absolute atomic E-state index is 8.62. The molecule has 0 aromatic heterocycles. The van der Waals surface area contributed by atoms with E-state index in [-0.39, 0.29) is 29.6 Å². The number of rotatable bonds is 0. The van der Waals surface area contributed by atoms with Crippen molar-refractivity contribution in [2.24, 2.45) is 0 Å². The van der Waals surface area contributed by atoms with Crippen LogP contribution in [-0.4, -0.2) is 0 Å². The van der Waals surface area contributed by atoms with E-state index < -0.39 is 20.1 Å². The molecule has 26 heavy (non-hydrogen) atoms. The van der Waals surface area contributed by atoms with Gasteiger partial charge >= 0.3 is 29.6 Å². The molecule has 0 bridgehead atoms. The molecule has 0 aliphatic carbocycles. The van der Waals surface area contributed by atoms with Gasteiger partial charge < -0.3 is 0 Å². The summed E-state index contributed by atoms with van der Waals surface area (Å²) in [6.45, 7) is 0. The monoisotopic (exact) mass is 728 g/mol. The van der Waals surface area contributed by atoms with Crippen molar-refractivity contribution in [3.63, 3.8) is 0 Å². The van der Waals surface area contributed by atoms with Crippen LogP contribution in [0.3, 0.4) is 0 Å². The summed E-state index contributed by atoms with van der Waals surface area (Å²) in [6, 6.07) is 13.0. The number of benzene rings is 4. The molecule has 4 nitrogen and oxygen atoms in total. The summed E-state index contributed by atoms with van der Waals surface area (Å²) in [6.07, 6.45) is 0. The second-order valence-electron chi connectivity index (χ2n) is 5.13. The van der Waals surface area contributed by atoms with Crippen LogP contribution in [0.4, 0.5) is 0 Å². The van der Waals surface area contributed by atoms with Crippen molar-refractivity contribution in [3.05, 3.63) is 54.3 Å². The van der Waals surface area contributed by atoms with Crippen molar-refractivity contribution in [2.75, 3.05) is 0 Å². The largest absolute Gasteiger partial charge is 1.00 e. The van der Waals surface area contributed by atoms with Crippen LogP contribution in [0.5, 0.6) is 0 Å². The minimum atomic E-state index is -5.94. The van der Waals surface area contributed by atoms with Crippen molar-refractivity contribution in [1.82, 2.24) is 0 Å². The smallest absolute Gasteiger partial charge is 0.286 e. The Bertz CT molecular complexity index is 941. The zero-order valence-electron chi connectivity index (χ0n) is 13.0. The van der Waals surface area contributed by atoms with Crippen molar-refractivity contribution in [2.45, 2.75) is 0 Å². The second-order valence-corrected chi connectivity index (χ2v) is 10.7. The molecule has 4 aromatic carbocycles. The van der Waals surface area contributed by atoms with Gasteiger partial charge in [-0.15, -0.1) is 0 Å². The summed E-state index contributed by atoms with van der Waals surface area (Å²) in [7, 11) is 0. The number of halogens is 5. The van der Waals surface area contributed by atoms with E-state index >= 15 is 0 Å². The topological polar surface area (TPSA) is 92.2 Å². The van der Waals surface area contributed by atoms with Gasteiger partial charge in [0.05, 0.1) is 0 Å². The minimum Gasteiger partial charge on any atom is -0.286 e. The maximum atomic E-state index is 8.62. The van der Waals surface area contributed by atoms with Gasteiger partial charge in [0.1, 0.15) is 20.1 Å². The molecule has 0 heterocycles. The molecular weight excluding hydrogens is 726 g/mol. The summed E-state index contributed by atoms with van der Waals surface area (Å²) in [5.74, 6) is 0. The molecule has 0 unspecified atom stereocenters. The molecule has 0 N–H and O–H groups in total. The van der Waals surface area contributed by atoms with E-state index in [1.54, 1.807) is 0 Å². The second kappa shape index (κ2) is 9.05. The van der Waals surface area contributed by atoms with Crippen LogP contribution in [0.1, 0.15) is 0 Å². The molecule has 0 spiro atoms.